The van der Waals surface area contributed by atoms with Crippen LogP contribution in [0.4, 0.5) is 0 Å². The number of benzene rings is 1. The van der Waals surface area contributed by atoms with E-state index in [2.05, 4.69) is 14.9 Å². The number of nitrogens with one attached hydrogen (secondary N) is 1. The zero-order valence-corrected chi connectivity index (χ0v) is 11.0. The molecule has 5 heteroatoms. The third-order valence-corrected chi connectivity index (χ3v) is 3.24. The summed E-state index contributed by atoms with van der Waals surface area (Å²) in [4.78, 5) is 4.34. The molecule has 2 rings (SSSR count). The molecule has 1 heterocycles. The van der Waals surface area contributed by atoms with Gasteiger partial charge in [-0.15, -0.1) is 0 Å². The van der Waals surface area contributed by atoms with Crippen molar-refractivity contribution in [2.24, 2.45) is 0 Å². The minimum Gasteiger partial charge on any atom is -0.330 e. The van der Waals surface area contributed by atoms with Crippen LogP contribution in [0, 0.1) is 0 Å². The van der Waals surface area contributed by atoms with E-state index in [1.165, 1.54) is 0 Å². The molecule has 0 unspecified atom stereocenters. The van der Waals surface area contributed by atoms with Gasteiger partial charge in [0.15, 0.2) is 0 Å². The van der Waals surface area contributed by atoms with Gasteiger partial charge >= 0.3 is 0 Å². The molecular weight excluding hydrogens is 257 g/mol. The summed E-state index contributed by atoms with van der Waals surface area (Å²) < 4.78 is 2.08. The van der Waals surface area contributed by atoms with Gasteiger partial charge in [-0.3, -0.25) is 0 Å². The van der Waals surface area contributed by atoms with Crippen LogP contribution in [-0.4, -0.2) is 23.1 Å². The lowest BCUT2D eigenvalue weighted by Crippen LogP contribution is -2.15. The largest absolute Gasteiger partial charge is 0.330 e. The molecule has 0 amide bonds. The van der Waals surface area contributed by atoms with Crippen molar-refractivity contribution in [3.63, 3.8) is 0 Å². The number of rotatable bonds is 4. The van der Waals surface area contributed by atoms with E-state index in [1.54, 1.807) is 12.3 Å². The highest BCUT2D eigenvalue weighted by Crippen LogP contribution is 2.27. The Morgan fingerprint density at radius 1 is 1.29 bits per heavy atom. The molecule has 0 bridgehead atoms. The molecular formula is C12H13Cl2N3. The first-order valence-electron chi connectivity index (χ1n) is 5.33. The van der Waals surface area contributed by atoms with E-state index in [9.17, 15) is 0 Å². The number of hydrogen-bond acceptors (Lipinski definition) is 2. The second kappa shape index (κ2) is 5.54. The van der Waals surface area contributed by atoms with E-state index in [1.807, 2.05) is 25.4 Å². The fourth-order valence-corrected chi connectivity index (χ4v) is 1.92. The molecule has 90 valence electrons. The predicted octanol–water partition coefficient (Wildman–Crippen LogP) is 3.08. The highest BCUT2D eigenvalue weighted by molar-refractivity contribution is 6.42. The average molecular weight is 270 g/mol. The SMILES string of the molecule is CNCCn1ccnc1-c1ccc(Cl)c(Cl)c1. The van der Waals surface area contributed by atoms with E-state index >= 15 is 0 Å². The first-order valence-corrected chi connectivity index (χ1v) is 6.09. The number of hydrogen-bond donors (Lipinski definition) is 1. The van der Waals surface area contributed by atoms with Crippen molar-refractivity contribution in [2.75, 3.05) is 13.6 Å². The lowest BCUT2D eigenvalue weighted by molar-refractivity contribution is 0.649. The lowest BCUT2D eigenvalue weighted by atomic mass is 10.2. The third kappa shape index (κ3) is 2.80. The van der Waals surface area contributed by atoms with Crippen molar-refractivity contribution in [1.29, 1.82) is 0 Å². The van der Waals surface area contributed by atoms with Gasteiger partial charge in [0.05, 0.1) is 10.0 Å². The summed E-state index contributed by atoms with van der Waals surface area (Å²) in [6.45, 7) is 1.76. The smallest absolute Gasteiger partial charge is 0.139 e. The van der Waals surface area contributed by atoms with Crippen LogP contribution < -0.4 is 5.32 Å². The third-order valence-electron chi connectivity index (χ3n) is 2.50. The second-order valence-electron chi connectivity index (χ2n) is 3.68. The van der Waals surface area contributed by atoms with E-state index < -0.39 is 0 Å². The normalized spacial score (nSPS) is 10.8. The summed E-state index contributed by atoms with van der Waals surface area (Å²) in [6.07, 6.45) is 3.74. The molecule has 3 nitrogen and oxygen atoms in total. The van der Waals surface area contributed by atoms with Gasteiger partial charge in [-0.25, -0.2) is 4.98 Å². The van der Waals surface area contributed by atoms with E-state index in [4.69, 9.17) is 23.2 Å². The highest BCUT2D eigenvalue weighted by Gasteiger charge is 2.07. The maximum Gasteiger partial charge on any atom is 0.139 e. The molecule has 0 radical (unpaired) electrons. The van der Waals surface area contributed by atoms with Crippen molar-refractivity contribution >= 4 is 23.2 Å². The first-order chi connectivity index (χ1) is 8.22. The van der Waals surface area contributed by atoms with Gasteiger partial charge in [0, 0.05) is 31.0 Å². The van der Waals surface area contributed by atoms with Gasteiger partial charge in [0.2, 0.25) is 0 Å². The average Bonchev–Trinajstić information content (AvgIpc) is 2.78. The lowest BCUT2D eigenvalue weighted by Gasteiger charge is -2.08. The molecule has 1 aromatic heterocycles. The van der Waals surface area contributed by atoms with Gasteiger partial charge in [-0.2, -0.15) is 0 Å². The Morgan fingerprint density at radius 2 is 2.12 bits per heavy atom. The Hall–Kier alpha value is -1.03. The van der Waals surface area contributed by atoms with Gasteiger partial charge in [-0.1, -0.05) is 23.2 Å². The molecule has 2 aromatic rings. The van der Waals surface area contributed by atoms with Gasteiger partial charge in [0.1, 0.15) is 5.82 Å². The topological polar surface area (TPSA) is 29.9 Å². The monoisotopic (exact) mass is 269 g/mol. The molecule has 0 saturated carbocycles. The molecule has 0 spiro atoms. The molecule has 1 aromatic carbocycles. The molecule has 0 aliphatic carbocycles. The van der Waals surface area contributed by atoms with Crippen LogP contribution in [0.1, 0.15) is 0 Å². The van der Waals surface area contributed by atoms with Gasteiger partial charge < -0.3 is 9.88 Å². The Bertz CT molecular complexity index is 508. The highest BCUT2D eigenvalue weighted by atomic mass is 35.5. The molecule has 0 fully saturated rings. The summed E-state index contributed by atoms with van der Waals surface area (Å²) in [5.41, 5.74) is 0.973. The number of aromatic nitrogens is 2. The minimum atomic E-state index is 0.548. The van der Waals surface area contributed by atoms with Crippen LogP contribution in [0.2, 0.25) is 10.0 Å². The summed E-state index contributed by atoms with van der Waals surface area (Å²) >= 11 is 11.9. The first kappa shape index (κ1) is 12.4. The summed E-state index contributed by atoms with van der Waals surface area (Å²) in [5.74, 6) is 0.902. The second-order valence-corrected chi connectivity index (χ2v) is 4.49. The number of halogens is 2. The van der Waals surface area contributed by atoms with E-state index in [0.29, 0.717) is 10.0 Å². The standard InChI is InChI=1S/C12H13Cl2N3/c1-15-4-6-17-7-5-16-12(17)9-2-3-10(13)11(14)8-9/h2-3,5,7-8,15H,4,6H2,1H3. The van der Waals surface area contributed by atoms with Crippen molar-refractivity contribution in [2.45, 2.75) is 6.54 Å². The van der Waals surface area contributed by atoms with Crippen LogP contribution in [0.15, 0.2) is 30.6 Å². The van der Waals surface area contributed by atoms with Crippen LogP contribution in [0.3, 0.4) is 0 Å². The van der Waals surface area contributed by atoms with Gasteiger partial charge in [-0.05, 0) is 25.2 Å². The van der Waals surface area contributed by atoms with Crippen molar-refractivity contribution in [3.8, 4) is 11.4 Å². The number of imidazole rings is 1. The maximum atomic E-state index is 6.01. The minimum absolute atomic E-state index is 0.548. The van der Waals surface area contributed by atoms with Gasteiger partial charge in [0.25, 0.3) is 0 Å². The quantitative estimate of drug-likeness (QED) is 0.925. The summed E-state index contributed by atoms with van der Waals surface area (Å²) in [7, 11) is 1.93. The summed E-state index contributed by atoms with van der Waals surface area (Å²) in [6, 6.07) is 5.55. The molecule has 17 heavy (non-hydrogen) atoms. The van der Waals surface area contributed by atoms with Crippen molar-refractivity contribution in [3.05, 3.63) is 40.6 Å². The maximum absolute atomic E-state index is 6.01. The molecule has 0 aliphatic heterocycles. The predicted molar refractivity (Wildman–Crippen MR) is 71.6 cm³/mol. The zero-order chi connectivity index (χ0) is 12.3. The van der Waals surface area contributed by atoms with Crippen LogP contribution in [-0.2, 0) is 6.54 Å². The zero-order valence-electron chi connectivity index (χ0n) is 9.45. The Balaban J connectivity index is 2.32. The number of nitrogens with zero attached hydrogens (tertiary/aromatic N) is 2. The van der Waals surface area contributed by atoms with Crippen LogP contribution in [0.5, 0.6) is 0 Å². The molecule has 0 saturated heterocycles. The number of likely N-dealkylation sites (N-methyl/N-ethyl adjacent to an activating group) is 1. The fourth-order valence-electron chi connectivity index (χ4n) is 1.62. The van der Waals surface area contributed by atoms with Crippen molar-refractivity contribution in [1.82, 2.24) is 14.9 Å². The van der Waals surface area contributed by atoms with E-state index in [0.717, 1.165) is 24.5 Å². The molecule has 0 atom stereocenters. The van der Waals surface area contributed by atoms with Crippen LogP contribution >= 0.6 is 23.2 Å². The Morgan fingerprint density at radius 3 is 2.82 bits per heavy atom. The Kier molecular flexibility index (Phi) is 4.05. The van der Waals surface area contributed by atoms with Crippen LogP contribution in [0.25, 0.3) is 11.4 Å². The van der Waals surface area contributed by atoms with E-state index in [-0.39, 0.29) is 0 Å². The Labute approximate surface area is 110 Å². The fraction of sp³-hybridized carbons (Fsp3) is 0.250. The molecule has 0 aliphatic rings. The molecule has 1 N–H and O–H groups in total. The summed E-state index contributed by atoms with van der Waals surface area (Å²) in [5, 5.41) is 4.22. The van der Waals surface area contributed by atoms with Crippen molar-refractivity contribution < 1.29 is 0 Å².